The molecule has 28 heavy (non-hydrogen) atoms. The van der Waals surface area contributed by atoms with Gasteiger partial charge in [0.15, 0.2) is 11.5 Å². The molecule has 0 fully saturated rings. The quantitative estimate of drug-likeness (QED) is 0.454. The van der Waals surface area contributed by atoms with Crippen LogP contribution in [0.2, 0.25) is 0 Å². The predicted molar refractivity (Wildman–Crippen MR) is 106 cm³/mol. The Hall–Kier alpha value is -3.55. The highest BCUT2D eigenvalue weighted by Crippen LogP contribution is 2.25. The maximum atomic E-state index is 11.9. The van der Waals surface area contributed by atoms with Crippen LogP contribution in [0, 0.1) is 0 Å². The summed E-state index contributed by atoms with van der Waals surface area (Å²) >= 11 is 0. The van der Waals surface area contributed by atoms with Crippen molar-refractivity contribution in [2.24, 2.45) is 5.10 Å². The first-order valence-corrected chi connectivity index (χ1v) is 8.73. The van der Waals surface area contributed by atoms with Gasteiger partial charge in [0.25, 0.3) is 0 Å². The maximum Gasteiger partial charge on any atom is 0.240 e. The second kappa shape index (κ2) is 10.6. The second-order valence-corrected chi connectivity index (χ2v) is 5.73. The average Bonchev–Trinajstić information content (AvgIpc) is 2.69. The van der Waals surface area contributed by atoms with E-state index in [0.29, 0.717) is 23.6 Å². The number of amides is 2. The molecule has 2 rings (SSSR count). The number of anilines is 1. The molecule has 2 aromatic rings. The Morgan fingerprint density at radius 3 is 2.50 bits per heavy atom. The molecule has 0 aliphatic rings. The van der Waals surface area contributed by atoms with Crippen molar-refractivity contribution in [3.05, 3.63) is 48.0 Å². The number of hydrogen-bond acceptors (Lipinski definition) is 6. The standard InChI is InChI=1S/C20H23N3O5/c1-3-28-16-7-5-15(6-8-16)22-19(25)10-11-20(26)23-21-13-14-4-9-17(24)18(12-14)27-2/h4-9,12-13,24H,3,10-11H2,1-2H3,(H,22,25)(H,23,26)/b21-13-. The van der Waals surface area contributed by atoms with E-state index >= 15 is 0 Å². The topological polar surface area (TPSA) is 109 Å². The van der Waals surface area contributed by atoms with Gasteiger partial charge in [-0.2, -0.15) is 5.10 Å². The summed E-state index contributed by atoms with van der Waals surface area (Å²) in [6, 6.07) is 11.7. The van der Waals surface area contributed by atoms with Crippen LogP contribution in [0.25, 0.3) is 0 Å². The molecule has 0 saturated carbocycles. The summed E-state index contributed by atoms with van der Waals surface area (Å²) in [7, 11) is 1.44. The first-order chi connectivity index (χ1) is 13.5. The monoisotopic (exact) mass is 385 g/mol. The third-order valence-electron chi connectivity index (χ3n) is 3.63. The van der Waals surface area contributed by atoms with E-state index in [1.165, 1.54) is 19.4 Å². The fourth-order valence-electron chi connectivity index (χ4n) is 2.26. The molecule has 0 saturated heterocycles. The summed E-state index contributed by atoms with van der Waals surface area (Å²) in [5.41, 5.74) is 3.63. The van der Waals surface area contributed by atoms with Gasteiger partial charge in [-0.3, -0.25) is 9.59 Å². The summed E-state index contributed by atoms with van der Waals surface area (Å²) in [4.78, 5) is 23.7. The molecule has 2 aromatic carbocycles. The van der Waals surface area contributed by atoms with Gasteiger partial charge in [-0.05, 0) is 55.0 Å². The Morgan fingerprint density at radius 1 is 1.11 bits per heavy atom. The smallest absolute Gasteiger partial charge is 0.240 e. The van der Waals surface area contributed by atoms with E-state index in [9.17, 15) is 14.7 Å². The van der Waals surface area contributed by atoms with Crippen molar-refractivity contribution in [3.8, 4) is 17.2 Å². The lowest BCUT2D eigenvalue weighted by atomic mass is 10.2. The van der Waals surface area contributed by atoms with Crippen molar-refractivity contribution >= 4 is 23.7 Å². The Kier molecular flexibility index (Phi) is 7.83. The molecule has 8 nitrogen and oxygen atoms in total. The van der Waals surface area contributed by atoms with Crippen molar-refractivity contribution in [1.29, 1.82) is 0 Å². The average molecular weight is 385 g/mol. The normalized spacial score (nSPS) is 10.5. The fraction of sp³-hybridized carbons (Fsp3) is 0.250. The molecule has 148 valence electrons. The van der Waals surface area contributed by atoms with Crippen molar-refractivity contribution in [3.63, 3.8) is 0 Å². The van der Waals surface area contributed by atoms with Gasteiger partial charge in [0.2, 0.25) is 11.8 Å². The number of benzene rings is 2. The summed E-state index contributed by atoms with van der Waals surface area (Å²) in [5.74, 6) is 0.392. The van der Waals surface area contributed by atoms with E-state index in [0.717, 1.165) is 5.75 Å². The molecule has 0 aromatic heterocycles. The lowest BCUT2D eigenvalue weighted by molar-refractivity contribution is -0.124. The molecule has 0 aliphatic carbocycles. The number of rotatable bonds is 9. The second-order valence-electron chi connectivity index (χ2n) is 5.73. The van der Waals surface area contributed by atoms with E-state index in [2.05, 4.69) is 15.8 Å². The van der Waals surface area contributed by atoms with E-state index in [-0.39, 0.29) is 30.4 Å². The molecule has 0 aliphatic heterocycles. The minimum Gasteiger partial charge on any atom is -0.504 e. The first kappa shape index (κ1) is 20.8. The Balaban J connectivity index is 1.74. The van der Waals surface area contributed by atoms with Crippen LogP contribution in [0.4, 0.5) is 5.69 Å². The van der Waals surface area contributed by atoms with E-state index in [4.69, 9.17) is 9.47 Å². The van der Waals surface area contributed by atoms with Crippen LogP contribution in [0.3, 0.4) is 0 Å². The zero-order chi connectivity index (χ0) is 20.4. The van der Waals surface area contributed by atoms with Gasteiger partial charge in [0.05, 0.1) is 19.9 Å². The predicted octanol–water partition coefficient (Wildman–Crippen LogP) is 2.67. The number of ether oxygens (including phenoxy) is 2. The van der Waals surface area contributed by atoms with Gasteiger partial charge >= 0.3 is 0 Å². The Bertz CT molecular complexity index is 834. The number of carbonyl (C=O) groups excluding carboxylic acids is 2. The van der Waals surface area contributed by atoms with Gasteiger partial charge in [0.1, 0.15) is 5.75 Å². The highest BCUT2D eigenvalue weighted by Gasteiger charge is 2.07. The van der Waals surface area contributed by atoms with Crippen LogP contribution in [-0.2, 0) is 9.59 Å². The van der Waals surface area contributed by atoms with Crippen LogP contribution in [0.15, 0.2) is 47.6 Å². The van der Waals surface area contributed by atoms with Crippen LogP contribution in [-0.4, -0.2) is 36.9 Å². The number of hydrazone groups is 1. The van der Waals surface area contributed by atoms with Crippen molar-refractivity contribution in [2.75, 3.05) is 19.0 Å². The third kappa shape index (κ3) is 6.64. The number of nitrogens with zero attached hydrogens (tertiary/aromatic N) is 1. The summed E-state index contributed by atoms with van der Waals surface area (Å²) in [6.45, 7) is 2.47. The van der Waals surface area contributed by atoms with Crippen molar-refractivity contribution in [2.45, 2.75) is 19.8 Å². The molecule has 3 N–H and O–H groups in total. The molecule has 8 heteroatoms. The van der Waals surface area contributed by atoms with Gasteiger partial charge in [0, 0.05) is 18.5 Å². The lowest BCUT2D eigenvalue weighted by Crippen LogP contribution is -2.20. The van der Waals surface area contributed by atoms with Crippen LogP contribution >= 0.6 is 0 Å². The van der Waals surface area contributed by atoms with Crippen molar-refractivity contribution in [1.82, 2.24) is 5.43 Å². The molecule has 0 unspecified atom stereocenters. The van der Waals surface area contributed by atoms with Crippen LogP contribution in [0.1, 0.15) is 25.3 Å². The Labute approximate surface area is 163 Å². The number of nitrogens with one attached hydrogen (secondary N) is 2. The fourth-order valence-corrected chi connectivity index (χ4v) is 2.26. The van der Waals surface area contributed by atoms with E-state index < -0.39 is 0 Å². The molecule has 0 heterocycles. The summed E-state index contributed by atoms with van der Waals surface area (Å²) in [5, 5.41) is 16.1. The third-order valence-corrected chi connectivity index (χ3v) is 3.63. The SMILES string of the molecule is CCOc1ccc(NC(=O)CCC(=O)N/N=C\c2ccc(O)c(OC)c2)cc1. The summed E-state index contributed by atoms with van der Waals surface area (Å²) < 4.78 is 10.3. The molecule has 2 amide bonds. The number of methoxy groups -OCH3 is 1. The molecule has 0 radical (unpaired) electrons. The summed E-state index contributed by atoms with van der Waals surface area (Å²) in [6.07, 6.45) is 1.44. The molecular formula is C20H23N3O5. The van der Waals surface area contributed by atoms with Crippen molar-refractivity contribution < 1.29 is 24.2 Å². The number of aromatic hydroxyl groups is 1. The largest absolute Gasteiger partial charge is 0.504 e. The van der Waals surface area contributed by atoms with Gasteiger partial charge < -0.3 is 19.9 Å². The minimum absolute atomic E-state index is 0.000891. The van der Waals surface area contributed by atoms with Gasteiger partial charge in [-0.15, -0.1) is 0 Å². The molecule has 0 spiro atoms. The molecule has 0 atom stereocenters. The number of hydrogen-bond donors (Lipinski definition) is 3. The highest BCUT2D eigenvalue weighted by atomic mass is 16.5. The zero-order valence-electron chi connectivity index (χ0n) is 15.8. The Morgan fingerprint density at radius 2 is 1.82 bits per heavy atom. The van der Waals surface area contributed by atoms with Gasteiger partial charge in [-0.25, -0.2) is 5.43 Å². The van der Waals surface area contributed by atoms with E-state index in [1.54, 1.807) is 36.4 Å². The van der Waals surface area contributed by atoms with Gasteiger partial charge in [-0.1, -0.05) is 0 Å². The number of carbonyl (C=O) groups is 2. The molecular weight excluding hydrogens is 362 g/mol. The highest BCUT2D eigenvalue weighted by molar-refractivity contribution is 5.93. The lowest BCUT2D eigenvalue weighted by Gasteiger charge is -2.07. The molecule has 0 bridgehead atoms. The zero-order valence-corrected chi connectivity index (χ0v) is 15.8. The maximum absolute atomic E-state index is 11.9. The number of phenolic OH excluding ortho intramolecular Hbond substituents is 1. The minimum atomic E-state index is -0.385. The van der Waals surface area contributed by atoms with Crippen LogP contribution in [0.5, 0.6) is 17.2 Å². The van der Waals surface area contributed by atoms with E-state index in [1.807, 2.05) is 6.92 Å². The van der Waals surface area contributed by atoms with Crippen LogP contribution < -0.4 is 20.2 Å². The first-order valence-electron chi connectivity index (χ1n) is 8.73. The number of phenols is 1.